The van der Waals surface area contributed by atoms with E-state index in [1.807, 2.05) is 6.92 Å². The van der Waals surface area contributed by atoms with Crippen molar-refractivity contribution in [3.8, 4) is 0 Å². The summed E-state index contributed by atoms with van der Waals surface area (Å²) in [5, 5.41) is 3.50. The standard InChI is InChI=1S/C22H27Cl2N3O4S/c1-17-5-7-18(8-6-17)32(29,30)27(15-19-20(23)3-2-4-21(19)24)16-22(28)25-9-10-26-11-13-31-14-12-26/h2-8H,9-16H2,1H3,(H,25,28). The monoisotopic (exact) mass is 499 g/mol. The number of sulfonamides is 1. The van der Waals surface area contributed by atoms with Crippen molar-refractivity contribution >= 4 is 39.1 Å². The molecule has 3 rings (SSSR count). The summed E-state index contributed by atoms with van der Waals surface area (Å²) in [5.74, 6) is -0.392. The Morgan fingerprint density at radius 2 is 1.72 bits per heavy atom. The molecule has 0 aliphatic carbocycles. The summed E-state index contributed by atoms with van der Waals surface area (Å²) in [5.41, 5.74) is 1.39. The first kappa shape index (κ1) is 25.0. The number of benzene rings is 2. The molecule has 1 amide bonds. The van der Waals surface area contributed by atoms with Crippen LogP contribution in [0.1, 0.15) is 11.1 Å². The van der Waals surface area contributed by atoms with Crippen molar-refractivity contribution < 1.29 is 17.9 Å². The number of hydrogen-bond acceptors (Lipinski definition) is 5. The van der Waals surface area contributed by atoms with Crippen molar-refractivity contribution in [3.05, 3.63) is 63.6 Å². The van der Waals surface area contributed by atoms with Crippen molar-refractivity contribution in [2.45, 2.75) is 18.4 Å². The number of rotatable bonds is 9. The Labute approximate surface area is 199 Å². The van der Waals surface area contributed by atoms with E-state index in [1.54, 1.807) is 30.3 Å². The Morgan fingerprint density at radius 3 is 2.34 bits per heavy atom. The number of aryl methyl sites for hydroxylation is 1. The number of halogens is 2. The van der Waals surface area contributed by atoms with E-state index in [9.17, 15) is 13.2 Å². The predicted octanol–water partition coefficient (Wildman–Crippen LogP) is 2.94. The molecule has 1 N–H and O–H groups in total. The summed E-state index contributed by atoms with van der Waals surface area (Å²) < 4.78 is 33.2. The lowest BCUT2D eigenvalue weighted by Crippen LogP contribution is -2.44. The highest BCUT2D eigenvalue weighted by Gasteiger charge is 2.28. The van der Waals surface area contributed by atoms with Crippen LogP contribution in [0.5, 0.6) is 0 Å². The number of hydrogen-bond donors (Lipinski definition) is 1. The van der Waals surface area contributed by atoms with Crippen LogP contribution < -0.4 is 5.32 Å². The second-order valence-electron chi connectivity index (χ2n) is 7.59. The van der Waals surface area contributed by atoms with Gasteiger partial charge in [-0.3, -0.25) is 9.69 Å². The van der Waals surface area contributed by atoms with Gasteiger partial charge < -0.3 is 10.1 Å². The van der Waals surface area contributed by atoms with Gasteiger partial charge in [-0.05, 0) is 31.2 Å². The average Bonchev–Trinajstić information content (AvgIpc) is 2.76. The van der Waals surface area contributed by atoms with Crippen LogP contribution >= 0.6 is 23.2 Å². The van der Waals surface area contributed by atoms with Crippen LogP contribution in [0.15, 0.2) is 47.4 Å². The van der Waals surface area contributed by atoms with Gasteiger partial charge in [0.25, 0.3) is 0 Å². The Hall–Kier alpha value is -1.68. The van der Waals surface area contributed by atoms with Crippen LogP contribution in [0, 0.1) is 6.92 Å². The van der Waals surface area contributed by atoms with E-state index in [0.717, 1.165) is 23.0 Å². The highest BCUT2D eigenvalue weighted by molar-refractivity contribution is 7.89. The van der Waals surface area contributed by atoms with Crippen LogP contribution in [0.2, 0.25) is 10.0 Å². The maximum absolute atomic E-state index is 13.4. The van der Waals surface area contributed by atoms with Gasteiger partial charge in [-0.2, -0.15) is 4.31 Å². The minimum Gasteiger partial charge on any atom is -0.379 e. The number of carbonyl (C=O) groups excluding carboxylic acids is 1. The third kappa shape index (κ3) is 6.66. The zero-order valence-corrected chi connectivity index (χ0v) is 20.2. The average molecular weight is 500 g/mol. The third-order valence-electron chi connectivity index (χ3n) is 5.23. The van der Waals surface area contributed by atoms with Gasteiger partial charge in [0.15, 0.2) is 0 Å². The maximum Gasteiger partial charge on any atom is 0.243 e. The van der Waals surface area contributed by atoms with Crippen LogP contribution in [0.4, 0.5) is 0 Å². The van der Waals surface area contributed by atoms with E-state index in [2.05, 4.69) is 10.2 Å². The molecule has 0 bridgehead atoms. The topological polar surface area (TPSA) is 79.0 Å². The molecule has 1 fully saturated rings. The number of carbonyl (C=O) groups is 1. The molecule has 1 aliphatic rings. The molecule has 0 radical (unpaired) electrons. The molecule has 7 nitrogen and oxygen atoms in total. The molecule has 2 aromatic rings. The first-order valence-corrected chi connectivity index (χ1v) is 12.5. The summed E-state index contributed by atoms with van der Waals surface area (Å²) in [6.07, 6.45) is 0. The summed E-state index contributed by atoms with van der Waals surface area (Å²) >= 11 is 12.5. The van der Waals surface area contributed by atoms with Crippen LogP contribution in [-0.4, -0.2) is 69.5 Å². The number of morpholine rings is 1. The lowest BCUT2D eigenvalue weighted by atomic mass is 10.2. The molecule has 0 unspecified atom stereocenters. The summed E-state index contributed by atoms with van der Waals surface area (Å²) in [4.78, 5) is 15.0. The Balaban J connectivity index is 1.75. The Kier molecular flexibility index (Phi) is 8.93. The van der Waals surface area contributed by atoms with Gasteiger partial charge >= 0.3 is 0 Å². The van der Waals surface area contributed by atoms with E-state index < -0.39 is 15.9 Å². The van der Waals surface area contributed by atoms with Crippen molar-refractivity contribution in [2.24, 2.45) is 0 Å². The first-order chi connectivity index (χ1) is 15.3. The Bertz CT molecular complexity index is 1010. The maximum atomic E-state index is 13.4. The van der Waals surface area contributed by atoms with E-state index >= 15 is 0 Å². The summed E-state index contributed by atoms with van der Waals surface area (Å²) in [7, 11) is -3.96. The zero-order chi connectivity index (χ0) is 23.1. The predicted molar refractivity (Wildman–Crippen MR) is 126 cm³/mol. The first-order valence-electron chi connectivity index (χ1n) is 10.3. The van der Waals surface area contributed by atoms with Gasteiger partial charge in [-0.1, -0.05) is 47.0 Å². The second kappa shape index (κ2) is 11.4. The largest absolute Gasteiger partial charge is 0.379 e. The molecule has 0 spiro atoms. The molecule has 174 valence electrons. The van der Waals surface area contributed by atoms with Crippen LogP contribution in [0.3, 0.4) is 0 Å². The zero-order valence-electron chi connectivity index (χ0n) is 17.9. The van der Waals surface area contributed by atoms with Crippen molar-refractivity contribution in [1.29, 1.82) is 0 Å². The minimum absolute atomic E-state index is 0.104. The fraction of sp³-hybridized carbons (Fsp3) is 0.409. The normalized spacial score (nSPS) is 15.1. The van der Waals surface area contributed by atoms with Gasteiger partial charge in [0.1, 0.15) is 0 Å². The highest BCUT2D eigenvalue weighted by atomic mass is 35.5. The molecule has 2 aromatic carbocycles. The third-order valence-corrected chi connectivity index (χ3v) is 7.74. The fourth-order valence-electron chi connectivity index (χ4n) is 3.34. The lowest BCUT2D eigenvalue weighted by molar-refractivity contribution is -0.121. The number of nitrogens with one attached hydrogen (secondary N) is 1. The summed E-state index contributed by atoms with van der Waals surface area (Å²) in [6.45, 7) is 5.49. The molecular weight excluding hydrogens is 473 g/mol. The molecular formula is C22H27Cl2N3O4S. The summed E-state index contributed by atoms with van der Waals surface area (Å²) in [6, 6.07) is 11.5. The van der Waals surface area contributed by atoms with Gasteiger partial charge in [0, 0.05) is 48.3 Å². The minimum atomic E-state index is -3.96. The van der Waals surface area contributed by atoms with E-state index in [0.29, 0.717) is 41.9 Å². The number of nitrogens with zero attached hydrogens (tertiary/aromatic N) is 2. The molecule has 1 saturated heterocycles. The molecule has 0 saturated carbocycles. The van der Waals surface area contributed by atoms with E-state index in [-0.39, 0.29) is 18.0 Å². The van der Waals surface area contributed by atoms with Gasteiger partial charge in [-0.15, -0.1) is 0 Å². The van der Waals surface area contributed by atoms with E-state index in [4.69, 9.17) is 27.9 Å². The molecule has 1 aliphatic heterocycles. The van der Waals surface area contributed by atoms with Crippen molar-refractivity contribution in [3.63, 3.8) is 0 Å². The number of amides is 1. The Morgan fingerprint density at radius 1 is 1.09 bits per heavy atom. The fourth-order valence-corrected chi connectivity index (χ4v) is 5.22. The molecule has 32 heavy (non-hydrogen) atoms. The van der Waals surface area contributed by atoms with E-state index in [1.165, 1.54) is 12.1 Å². The molecule has 0 aromatic heterocycles. The molecule has 1 heterocycles. The molecule has 0 atom stereocenters. The van der Waals surface area contributed by atoms with Gasteiger partial charge in [-0.25, -0.2) is 8.42 Å². The second-order valence-corrected chi connectivity index (χ2v) is 10.3. The van der Waals surface area contributed by atoms with Gasteiger partial charge in [0.2, 0.25) is 15.9 Å². The SMILES string of the molecule is Cc1ccc(S(=O)(=O)N(CC(=O)NCCN2CCOCC2)Cc2c(Cl)cccc2Cl)cc1. The quantitative estimate of drug-likeness (QED) is 0.573. The van der Waals surface area contributed by atoms with Crippen LogP contribution in [0.25, 0.3) is 0 Å². The van der Waals surface area contributed by atoms with Crippen LogP contribution in [-0.2, 0) is 26.1 Å². The number of ether oxygens (including phenoxy) is 1. The highest BCUT2D eigenvalue weighted by Crippen LogP contribution is 2.28. The van der Waals surface area contributed by atoms with Crippen molar-refractivity contribution in [1.82, 2.24) is 14.5 Å². The molecule has 10 heteroatoms. The lowest BCUT2D eigenvalue weighted by Gasteiger charge is -2.27. The smallest absolute Gasteiger partial charge is 0.243 e. The van der Waals surface area contributed by atoms with Crippen molar-refractivity contribution in [2.75, 3.05) is 45.9 Å². The van der Waals surface area contributed by atoms with Gasteiger partial charge in [0.05, 0.1) is 24.7 Å².